The summed E-state index contributed by atoms with van der Waals surface area (Å²) in [5.41, 5.74) is 11.6. The molecule has 2 aromatic rings. The minimum Gasteiger partial charge on any atom is -0.398 e. The Morgan fingerprint density at radius 1 is 1.41 bits per heavy atom. The SMILES string of the molecule is Cn1cc(Sc2c(N)cc(N)c(Cl)c2F)cn1. The first-order valence-corrected chi connectivity index (χ1v) is 5.88. The van der Waals surface area contributed by atoms with Crippen LogP contribution in [0.3, 0.4) is 0 Å². The fourth-order valence-corrected chi connectivity index (χ4v) is 2.44. The molecule has 4 N–H and O–H groups in total. The summed E-state index contributed by atoms with van der Waals surface area (Å²) in [7, 11) is 1.78. The van der Waals surface area contributed by atoms with Crippen molar-refractivity contribution in [3.63, 3.8) is 0 Å². The maximum atomic E-state index is 13.9. The molecule has 7 heteroatoms. The van der Waals surface area contributed by atoms with Crippen LogP contribution in [-0.2, 0) is 7.05 Å². The highest BCUT2D eigenvalue weighted by Gasteiger charge is 2.15. The van der Waals surface area contributed by atoms with Gasteiger partial charge in [-0.2, -0.15) is 5.10 Å². The molecule has 0 fully saturated rings. The second-order valence-corrected chi connectivity index (χ2v) is 4.93. The van der Waals surface area contributed by atoms with Gasteiger partial charge in [-0.15, -0.1) is 0 Å². The first-order valence-electron chi connectivity index (χ1n) is 4.68. The number of rotatable bonds is 2. The molecule has 1 heterocycles. The van der Waals surface area contributed by atoms with E-state index >= 15 is 0 Å². The molecule has 0 aliphatic carbocycles. The van der Waals surface area contributed by atoms with Crippen LogP contribution in [0.1, 0.15) is 0 Å². The summed E-state index contributed by atoms with van der Waals surface area (Å²) in [5, 5.41) is 3.88. The number of hydrogen-bond donors (Lipinski definition) is 2. The summed E-state index contributed by atoms with van der Waals surface area (Å²) in [6.07, 6.45) is 3.38. The highest BCUT2D eigenvalue weighted by molar-refractivity contribution is 7.99. The minimum atomic E-state index is -0.599. The maximum absolute atomic E-state index is 13.9. The van der Waals surface area contributed by atoms with Crippen LogP contribution < -0.4 is 11.5 Å². The van der Waals surface area contributed by atoms with E-state index in [4.69, 9.17) is 23.1 Å². The van der Waals surface area contributed by atoms with Crippen LogP contribution in [-0.4, -0.2) is 9.78 Å². The summed E-state index contributed by atoms with van der Waals surface area (Å²) >= 11 is 6.90. The molecule has 0 spiro atoms. The van der Waals surface area contributed by atoms with E-state index in [1.54, 1.807) is 24.1 Å². The zero-order chi connectivity index (χ0) is 12.6. The minimum absolute atomic E-state index is 0.106. The number of nitrogens with two attached hydrogens (primary N) is 2. The van der Waals surface area contributed by atoms with Crippen LogP contribution in [0.25, 0.3) is 0 Å². The highest BCUT2D eigenvalue weighted by atomic mass is 35.5. The lowest BCUT2D eigenvalue weighted by Gasteiger charge is -2.08. The van der Waals surface area contributed by atoms with E-state index in [1.165, 1.54) is 6.07 Å². The van der Waals surface area contributed by atoms with E-state index in [-0.39, 0.29) is 21.3 Å². The lowest BCUT2D eigenvalue weighted by molar-refractivity contribution is 0.604. The van der Waals surface area contributed by atoms with E-state index in [0.717, 1.165) is 16.7 Å². The third-order valence-electron chi connectivity index (χ3n) is 2.12. The number of hydrogen-bond acceptors (Lipinski definition) is 4. The smallest absolute Gasteiger partial charge is 0.159 e. The van der Waals surface area contributed by atoms with Crippen LogP contribution in [0, 0.1) is 5.82 Å². The number of aryl methyl sites for hydroxylation is 1. The molecule has 90 valence electrons. The molecule has 0 bridgehead atoms. The summed E-state index contributed by atoms with van der Waals surface area (Å²) in [4.78, 5) is 1.04. The lowest BCUT2D eigenvalue weighted by Crippen LogP contribution is -1.97. The predicted molar refractivity (Wildman–Crippen MR) is 67.6 cm³/mol. The summed E-state index contributed by atoms with van der Waals surface area (Å²) in [5.74, 6) is -0.599. The van der Waals surface area contributed by atoms with Gasteiger partial charge in [0, 0.05) is 13.2 Å². The van der Waals surface area contributed by atoms with Gasteiger partial charge < -0.3 is 11.5 Å². The molecular formula is C10H10ClFN4S. The van der Waals surface area contributed by atoms with Crippen LogP contribution in [0.4, 0.5) is 15.8 Å². The molecule has 0 saturated carbocycles. The lowest BCUT2D eigenvalue weighted by atomic mass is 10.3. The maximum Gasteiger partial charge on any atom is 0.159 e. The van der Waals surface area contributed by atoms with Gasteiger partial charge in [0.15, 0.2) is 5.82 Å². The predicted octanol–water partition coefficient (Wildman–Crippen LogP) is 2.53. The largest absolute Gasteiger partial charge is 0.398 e. The van der Waals surface area contributed by atoms with Crippen LogP contribution in [0.5, 0.6) is 0 Å². The van der Waals surface area contributed by atoms with E-state index in [2.05, 4.69) is 5.10 Å². The fourth-order valence-electron chi connectivity index (χ4n) is 1.32. The summed E-state index contributed by atoms with van der Waals surface area (Å²) in [6.45, 7) is 0. The van der Waals surface area contributed by atoms with E-state index in [9.17, 15) is 4.39 Å². The van der Waals surface area contributed by atoms with Crippen LogP contribution in [0.2, 0.25) is 5.02 Å². The molecule has 0 aliphatic rings. The van der Waals surface area contributed by atoms with Gasteiger partial charge >= 0.3 is 0 Å². The number of anilines is 2. The van der Waals surface area contributed by atoms with Crippen molar-refractivity contribution in [3.05, 3.63) is 29.3 Å². The van der Waals surface area contributed by atoms with Crippen LogP contribution in [0.15, 0.2) is 28.3 Å². The van der Waals surface area contributed by atoms with Gasteiger partial charge in [-0.1, -0.05) is 23.4 Å². The molecule has 0 unspecified atom stereocenters. The Bertz CT molecular complexity index is 570. The van der Waals surface area contributed by atoms with E-state index in [1.807, 2.05) is 0 Å². The zero-order valence-electron chi connectivity index (χ0n) is 8.95. The highest BCUT2D eigenvalue weighted by Crippen LogP contribution is 2.39. The van der Waals surface area contributed by atoms with Gasteiger partial charge in [0.2, 0.25) is 0 Å². The molecule has 0 aliphatic heterocycles. The van der Waals surface area contributed by atoms with Gasteiger partial charge in [0.1, 0.15) is 5.02 Å². The molecule has 0 atom stereocenters. The van der Waals surface area contributed by atoms with Crippen molar-refractivity contribution in [1.82, 2.24) is 9.78 Å². The zero-order valence-corrected chi connectivity index (χ0v) is 10.5. The van der Waals surface area contributed by atoms with Crippen molar-refractivity contribution in [2.45, 2.75) is 9.79 Å². The third-order valence-corrected chi connectivity index (χ3v) is 3.57. The van der Waals surface area contributed by atoms with Crippen molar-refractivity contribution in [3.8, 4) is 0 Å². The van der Waals surface area contributed by atoms with E-state index < -0.39 is 5.82 Å². The molecule has 0 saturated heterocycles. The van der Waals surface area contributed by atoms with Crippen molar-refractivity contribution in [1.29, 1.82) is 0 Å². The molecule has 2 rings (SSSR count). The Morgan fingerprint density at radius 3 is 2.71 bits per heavy atom. The number of benzene rings is 1. The molecule has 4 nitrogen and oxygen atoms in total. The van der Waals surface area contributed by atoms with Crippen LogP contribution >= 0.6 is 23.4 Å². The molecular weight excluding hydrogens is 263 g/mol. The quantitative estimate of drug-likeness (QED) is 0.824. The number of nitrogens with zero attached hydrogens (tertiary/aromatic N) is 2. The topological polar surface area (TPSA) is 69.9 Å². The van der Waals surface area contributed by atoms with Crippen molar-refractivity contribution in [2.24, 2.45) is 7.05 Å². The molecule has 0 radical (unpaired) electrons. The summed E-state index contributed by atoms with van der Waals surface area (Å²) in [6, 6.07) is 1.45. The standard InChI is InChI=1S/C10H10ClFN4S/c1-16-4-5(3-15-16)17-10-7(14)2-6(13)8(11)9(10)12/h2-4H,13-14H2,1H3. The number of nitrogen functional groups attached to an aromatic ring is 2. The Hall–Kier alpha value is -1.40. The molecule has 0 amide bonds. The van der Waals surface area contributed by atoms with Crippen molar-refractivity contribution < 1.29 is 4.39 Å². The molecule has 1 aromatic heterocycles. The Morgan fingerprint density at radius 2 is 2.12 bits per heavy atom. The van der Waals surface area contributed by atoms with Crippen molar-refractivity contribution in [2.75, 3.05) is 11.5 Å². The average molecular weight is 273 g/mol. The first-order chi connectivity index (χ1) is 7.99. The summed E-state index contributed by atoms with van der Waals surface area (Å²) < 4.78 is 15.5. The number of aromatic nitrogens is 2. The van der Waals surface area contributed by atoms with E-state index in [0.29, 0.717) is 0 Å². The number of halogens is 2. The second kappa shape index (κ2) is 4.46. The first kappa shape index (κ1) is 12.1. The van der Waals surface area contributed by atoms with Gasteiger partial charge in [-0.3, -0.25) is 4.68 Å². The molecule has 1 aromatic carbocycles. The van der Waals surface area contributed by atoms with Gasteiger partial charge in [-0.05, 0) is 6.07 Å². The van der Waals surface area contributed by atoms with Gasteiger partial charge in [-0.25, -0.2) is 4.39 Å². The average Bonchev–Trinajstić information content (AvgIpc) is 2.67. The molecule has 17 heavy (non-hydrogen) atoms. The Balaban J connectivity index is 2.42. The monoisotopic (exact) mass is 272 g/mol. The fraction of sp³-hybridized carbons (Fsp3) is 0.100. The second-order valence-electron chi connectivity index (χ2n) is 3.46. The Labute approximate surface area is 107 Å². The van der Waals surface area contributed by atoms with Gasteiger partial charge in [0.25, 0.3) is 0 Å². The normalized spacial score (nSPS) is 10.8. The third kappa shape index (κ3) is 2.32. The van der Waals surface area contributed by atoms with Crippen molar-refractivity contribution >= 4 is 34.7 Å². The van der Waals surface area contributed by atoms with Gasteiger partial charge in [0.05, 0.1) is 27.4 Å². The Kier molecular flexibility index (Phi) is 3.17.